The lowest BCUT2D eigenvalue weighted by molar-refractivity contribution is -0.122. The molecule has 0 saturated carbocycles. The van der Waals surface area contributed by atoms with Gasteiger partial charge in [0, 0.05) is 12.3 Å². The summed E-state index contributed by atoms with van der Waals surface area (Å²) < 4.78 is 18.2. The van der Waals surface area contributed by atoms with Crippen molar-refractivity contribution in [3.05, 3.63) is 83.9 Å². The highest BCUT2D eigenvalue weighted by Crippen LogP contribution is 2.95. The van der Waals surface area contributed by atoms with Crippen molar-refractivity contribution in [1.29, 1.82) is 0 Å². The van der Waals surface area contributed by atoms with Crippen LogP contribution in [0.3, 0.4) is 0 Å². The number of hydrogen-bond donors (Lipinski definition) is 1. The summed E-state index contributed by atoms with van der Waals surface area (Å²) in [7, 11) is -2.46. The number of rotatable bonds is 8. The van der Waals surface area contributed by atoms with E-state index in [0.717, 1.165) is 23.3 Å². The van der Waals surface area contributed by atoms with E-state index < -0.39 is 9.16 Å². The van der Waals surface area contributed by atoms with Crippen molar-refractivity contribution in [1.82, 2.24) is 0 Å². The van der Waals surface area contributed by atoms with Crippen LogP contribution in [0.25, 0.3) is 0 Å². The van der Waals surface area contributed by atoms with Gasteiger partial charge in [0.15, 0.2) is 5.78 Å². The molecular weight excluding hydrogens is 500 g/mol. The molecule has 2 bridgehead atoms. The number of Topliss-reactive ketones (excluding diaryl/α,β-unsaturated/α-hetero) is 1. The second-order valence-corrected chi connectivity index (χ2v) is 17.7. The minimum Gasteiger partial charge on any atom is -0.485 e. The molecule has 3 aromatic rings. The predicted octanol–water partition coefficient (Wildman–Crippen LogP) is 6.41. The van der Waals surface area contributed by atoms with Crippen LogP contribution >= 0.6 is 21.2 Å². The third-order valence-corrected chi connectivity index (χ3v) is 16.7. The molecule has 4 unspecified atom stereocenters. The standard InChI is InChI=1S/C31H34O4S2/c1-20-15-25(37(13-14-37,23-9-5-3-6-10-23)24-11-7-4-8-12-24)16-21(2)29(20)33-19-22(32)17-26-27-18-28-31(34-27)30(26)35-36-28/h3-12,15-16,26-28,30-31,37H,13-14,17-19H2,1-2H3/t26?,27?,28-,30?,31?/m1/s1. The van der Waals surface area contributed by atoms with Crippen LogP contribution in [-0.4, -0.2) is 47.5 Å². The van der Waals surface area contributed by atoms with Crippen molar-refractivity contribution < 1.29 is 18.5 Å². The number of fused-ring (bicyclic) bond motifs is 1. The predicted molar refractivity (Wildman–Crippen MR) is 150 cm³/mol. The molecule has 0 aliphatic carbocycles. The van der Waals surface area contributed by atoms with Gasteiger partial charge in [0.25, 0.3) is 0 Å². The molecule has 0 radical (unpaired) electrons. The molecule has 0 amide bonds. The number of thiol groups is 1. The lowest BCUT2D eigenvalue weighted by Gasteiger charge is -2.47. The van der Waals surface area contributed by atoms with Crippen LogP contribution in [0.2, 0.25) is 0 Å². The number of carbonyl (C=O) groups excluding carboxylic acids is 1. The maximum Gasteiger partial charge on any atom is 0.170 e. The van der Waals surface area contributed by atoms with Crippen molar-refractivity contribution in [3.63, 3.8) is 0 Å². The van der Waals surface area contributed by atoms with Gasteiger partial charge >= 0.3 is 0 Å². The van der Waals surface area contributed by atoms with Crippen LogP contribution < -0.4 is 4.74 Å². The highest BCUT2D eigenvalue weighted by molar-refractivity contribution is 8.54. The molecule has 0 N–H and O–H groups in total. The van der Waals surface area contributed by atoms with Crippen molar-refractivity contribution in [2.24, 2.45) is 5.92 Å². The number of carbonyl (C=O) groups is 1. The van der Waals surface area contributed by atoms with Gasteiger partial charge in [-0.1, -0.05) is 60.7 Å². The first-order valence-electron chi connectivity index (χ1n) is 13.4. The Kier molecular flexibility index (Phi) is 5.56. The van der Waals surface area contributed by atoms with E-state index in [1.54, 1.807) is 12.0 Å². The van der Waals surface area contributed by atoms with Crippen molar-refractivity contribution >= 4 is 27.0 Å². The molecule has 4 heterocycles. The van der Waals surface area contributed by atoms with Gasteiger partial charge in [-0.05, 0) is 81.8 Å². The van der Waals surface area contributed by atoms with Gasteiger partial charge in [-0.3, -0.25) is 4.79 Å². The summed E-state index contributed by atoms with van der Waals surface area (Å²) >= 11 is 1.55. The van der Waals surface area contributed by atoms with Gasteiger partial charge in [0.2, 0.25) is 0 Å². The van der Waals surface area contributed by atoms with E-state index in [2.05, 4.69) is 86.6 Å². The normalized spacial score (nSPS) is 31.0. The first-order chi connectivity index (χ1) is 18.0. The molecule has 4 fully saturated rings. The number of ketones is 1. The molecule has 37 heavy (non-hydrogen) atoms. The average molecular weight is 535 g/mol. The van der Waals surface area contributed by atoms with E-state index in [1.165, 1.54) is 26.2 Å². The van der Waals surface area contributed by atoms with Gasteiger partial charge in [0.05, 0.1) is 17.5 Å². The molecule has 4 nitrogen and oxygen atoms in total. The number of aryl methyl sites for hydroxylation is 2. The van der Waals surface area contributed by atoms with Gasteiger partial charge in [0.1, 0.15) is 18.5 Å². The van der Waals surface area contributed by atoms with E-state index in [-0.39, 0.29) is 36.6 Å². The summed E-state index contributed by atoms with van der Waals surface area (Å²) in [5.74, 6) is 3.53. The van der Waals surface area contributed by atoms with Crippen LogP contribution in [0.5, 0.6) is 5.75 Å². The summed E-state index contributed by atoms with van der Waals surface area (Å²) in [4.78, 5) is 17.3. The number of benzene rings is 3. The lowest BCUT2D eigenvalue weighted by atomic mass is 9.83. The second-order valence-electron chi connectivity index (χ2n) is 11.3. The van der Waals surface area contributed by atoms with Crippen molar-refractivity contribution in [3.8, 4) is 5.75 Å². The molecule has 194 valence electrons. The third-order valence-electron chi connectivity index (χ3n) is 9.24. The summed E-state index contributed by atoms with van der Waals surface area (Å²) in [6.07, 6.45) is 1.86. The fourth-order valence-electron chi connectivity index (χ4n) is 7.22. The minimum absolute atomic E-state index is 0.0620. The average Bonchev–Trinajstić information content (AvgIpc) is 3.30. The van der Waals surface area contributed by atoms with Gasteiger partial charge in [-0.25, -0.2) is 9.16 Å². The van der Waals surface area contributed by atoms with E-state index in [0.29, 0.717) is 11.7 Å². The SMILES string of the molecule is Cc1cc([SH]2(c3ccccc3)(c3ccccc3)CC2)cc(C)c1OCC(=O)CC1C2C[C@H]3SOC1C3O2. The molecule has 0 spiro atoms. The smallest absolute Gasteiger partial charge is 0.170 e. The fraction of sp³-hybridized carbons (Fsp3) is 0.387. The van der Waals surface area contributed by atoms with E-state index in [4.69, 9.17) is 13.7 Å². The molecule has 6 heteroatoms. The molecule has 3 aromatic carbocycles. The van der Waals surface area contributed by atoms with Crippen LogP contribution in [-0.2, 0) is 13.7 Å². The zero-order valence-electron chi connectivity index (χ0n) is 21.3. The first-order valence-corrected chi connectivity index (χ1v) is 16.8. The summed E-state index contributed by atoms with van der Waals surface area (Å²) in [6, 6.07) is 26.8. The van der Waals surface area contributed by atoms with Crippen molar-refractivity contribution in [2.45, 2.75) is 64.9 Å². The summed E-state index contributed by atoms with van der Waals surface area (Å²) in [5, 5.41) is 0.453. The Morgan fingerprint density at radius 1 is 0.919 bits per heavy atom. The summed E-state index contributed by atoms with van der Waals surface area (Å²) in [6.45, 7) is 4.34. The zero-order chi connectivity index (χ0) is 25.2. The van der Waals surface area contributed by atoms with E-state index in [1.807, 2.05) is 0 Å². The Hall–Kier alpha value is -2.25. The zero-order valence-corrected chi connectivity index (χ0v) is 23.0. The molecule has 4 aliphatic rings. The highest BCUT2D eigenvalue weighted by atomic mass is 32.3. The molecule has 7 rings (SSSR count). The Morgan fingerprint density at radius 3 is 2.14 bits per heavy atom. The van der Waals surface area contributed by atoms with Crippen LogP contribution in [0, 0.1) is 19.8 Å². The van der Waals surface area contributed by atoms with Crippen LogP contribution in [0.4, 0.5) is 0 Å². The van der Waals surface area contributed by atoms with Crippen molar-refractivity contribution in [2.75, 3.05) is 18.1 Å². The lowest BCUT2D eigenvalue weighted by Crippen LogP contribution is -2.35. The largest absolute Gasteiger partial charge is 0.485 e. The Balaban J connectivity index is 1.15. The van der Waals surface area contributed by atoms with Crippen LogP contribution in [0.15, 0.2) is 87.5 Å². The quantitative estimate of drug-likeness (QED) is 0.206. The summed E-state index contributed by atoms with van der Waals surface area (Å²) in [5.41, 5.74) is 2.21. The first kappa shape index (κ1) is 23.8. The molecule has 4 aliphatic heterocycles. The maximum absolute atomic E-state index is 13.0. The highest BCUT2D eigenvalue weighted by Gasteiger charge is 2.60. The number of hydrogen-bond acceptors (Lipinski definition) is 5. The number of ether oxygens (including phenoxy) is 2. The Bertz CT molecular complexity index is 1290. The molecule has 5 atom stereocenters. The van der Waals surface area contributed by atoms with Crippen LogP contribution in [0.1, 0.15) is 24.0 Å². The molecule has 0 aromatic heterocycles. The maximum atomic E-state index is 13.0. The van der Waals surface area contributed by atoms with E-state index in [9.17, 15) is 4.79 Å². The molecule has 4 saturated heterocycles. The Labute approximate surface area is 223 Å². The van der Waals surface area contributed by atoms with E-state index >= 15 is 0 Å². The third kappa shape index (κ3) is 3.49. The monoisotopic (exact) mass is 534 g/mol. The molecular formula is C31H34O4S2. The minimum atomic E-state index is -2.46. The Morgan fingerprint density at radius 2 is 1.54 bits per heavy atom. The topological polar surface area (TPSA) is 44.8 Å². The second kappa shape index (κ2) is 8.63. The van der Waals surface area contributed by atoms with Gasteiger partial charge in [-0.2, -0.15) is 0 Å². The van der Waals surface area contributed by atoms with Gasteiger partial charge < -0.3 is 13.7 Å². The fourth-order valence-corrected chi connectivity index (χ4v) is 14.8. The van der Waals surface area contributed by atoms with Gasteiger partial charge in [-0.15, -0.1) is 0 Å².